The average Bonchev–Trinajstić information content (AvgIpc) is 2.17. The molecule has 0 fully saturated rings. The van der Waals surface area contributed by atoms with Gasteiger partial charge in [0.1, 0.15) is 5.75 Å². The Morgan fingerprint density at radius 3 is 2.27 bits per heavy atom. The van der Waals surface area contributed by atoms with E-state index in [-0.39, 0.29) is 5.75 Å². The molecule has 1 N–H and O–H groups in total. The van der Waals surface area contributed by atoms with Crippen LogP contribution in [0.1, 0.15) is 18.6 Å². The molecule has 82 valence electrons. The molecule has 2 nitrogen and oxygen atoms in total. The van der Waals surface area contributed by atoms with Crippen LogP contribution in [0.3, 0.4) is 0 Å². The number of hydrogen-bond donors (Lipinski definition) is 1. The van der Waals surface area contributed by atoms with Crippen LogP contribution in [-0.4, -0.2) is 11.7 Å². The molecule has 0 aromatic heterocycles. The summed E-state index contributed by atoms with van der Waals surface area (Å²) in [6.45, 7) is 2.46. The zero-order valence-corrected chi connectivity index (χ0v) is 8.28. The number of ether oxygens (including phenoxy) is 1. The summed E-state index contributed by atoms with van der Waals surface area (Å²) in [5.74, 6) is 0.0719. The van der Waals surface area contributed by atoms with E-state index in [9.17, 15) is 13.9 Å². The number of benzene rings is 1. The highest BCUT2D eigenvalue weighted by Crippen LogP contribution is 2.22. The lowest BCUT2D eigenvalue weighted by Crippen LogP contribution is -2.02. The number of aliphatic hydroxyl groups is 1. The van der Waals surface area contributed by atoms with Crippen LogP contribution in [0.25, 0.3) is 0 Å². The summed E-state index contributed by atoms with van der Waals surface area (Å²) in [6, 6.07) is 5.81. The molecule has 1 aromatic carbocycles. The van der Waals surface area contributed by atoms with Crippen LogP contribution < -0.4 is 4.74 Å². The van der Waals surface area contributed by atoms with Crippen molar-refractivity contribution in [2.24, 2.45) is 0 Å². The second-order valence-corrected chi connectivity index (χ2v) is 3.20. The second kappa shape index (κ2) is 4.89. The van der Waals surface area contributed by atoms with Crippen molar-refractivity contribution in [2.45, 2.75) is 19.6 Å². The summed E-state index contributed by atoms with van der Waals surface area (Å²) in [5, 5.41) is 9.58. The first-order valence-corrected chi connectivity index (χ1v) is 4.39. The summed E-state index contributed by atoms with van der Waals surface area (Å²) in [7, 11) is 0. The minimum absolute atomic E-state index is 0.0719. The Hall–Kier alpha value is -1.42. The van der Waals surface area contributed by atoms with Gasteiger partial charge in [-0.2, -0.15) is 8.78 Å². The Labute approximate surface area is 86.8 Å². The van der Waals surface area contributed by atoms with Crippen LogP contribution in [-0.2, 0) is 0 Å². The Balaban J connectivity index is 2.76. The zero-order valence-electron chi connectivity index (χ0n) is 8.28. The lowest BCUT2D eigenvalue weighted by atomic mass is 10.0. The maximum atomic E-state index is 11.8. The van der Waals surface area contributed by atoms with Crippen molar-refractivity contribution >= 4 is 0 Å². The van der Waals surface area contributed by atoms with E-state index >= 15 is 0 Å². The topological polar surface area (TPSA) is 29.5 Å². The smallest absolute Gasteiger partial charge is 0.387 e. The Kier molecular flexibility index (Phi) is 3.80. The third-order valence-electron chi connectivity index (χ3n) is 1.89. The van der Waals surface area contributed by atoms with Crippen molar-refractivity contribution in [1.82, 2.24) is 0 Å². The van der Waals surface area contributed by atoms with Crippen molar-refractivity contribution in [3.63, 3.8) is 0 Å². The van der Waals surface area contributed by atoms with E-state index in [0.717, 1.165) is 0 Å². The van der Waals surface area contributed by atoms with Crippen LogP contribution in [0.5, 0.6) is 5.75 Å². The molecule has 0 heterocycles. The molecule has 0 saturated heterocycles. The molecule has 4 heteroatoms. The minimum atomic E-state index is -2.83. The highest BCUT2D eigenvalue weighted by Gasteiger charge is 2.09. The van der Waals surface area contributed by atoms with Gasteiger partial charge >= 0.3 is 6.61 Å². The predicted octanol–water partition coefficient (Wildman–Crippen LogP) is 2.90. The Morgan fingerprint density at radius 1 is 1.33 bits per heavy atom. The zero-order chi connectivity index (χ0) is 11.4. The van der Waals surface area contributed by atoms with Gasteiger partial charge in [0.2, 0.25) is 0 Å². The van der Waals surface area contributed by atoms with Gasteiger partial charge in [0, 0.05) is 0 Å². The van der Waals surface area contributed by atoms with Crippen LogP contribution in [0.15, 0.2) is 36.4 Å². The fraction of sp³-hybridized carbons (Fsp3) is 0.273. The molecule has 0 aliphatic rings. The number of alkyl halides is 2. The lowest BCUT2D eigenvalue weighted by Gasteiger charge is -2.11. The third-order valence-corrected chi connectivity index (χ3v) is 1.89. The first kappa shape index (κ1) is 11.7. The molecule has 1 atom stereocenters. The van der Waals surface area contributed by atoms with Crippen molar-refractivity contribution in [1.29, 1.82) is 0 Å². The fourth-order valence-corrected chi connectivity index (χ4v) is 1.12. The summed E-state index contributed by atoms with van der Waals surface area (Å²) in [5.41, 5.74) is 1.20. The number of aliphatic hydroxyl groups excluding tert-OH is 1. The Morgan fingerprint density at radius 2 is 1.87 bits per heavy atom. The summed E-state index contributed by atoms with van der Waals surface area (Å²) >= 11 is 0. The first-order chi connectivity index (χ1) is 7.00. The SMILES string of the molecule is C=C(C)C(O)c1ccc(OC(F)F)cc1. The van der Waals surface area contributed by atoms with Crippen LogP contribution >= 0.6 is 0 Å². The molecule has 1 aromatic rings. The molecular weight excluding hydrogens is 202 g/mol. The molecule has 0 saturated carbocycles. The largest absolute Gasteiger partial charge is 0.435 e. The molecule has 0 radical (unpaired) electrons. The summed E-state index contributed by atoms with van der Waals surface area (Å²) < 4.78 is 27.8. The number of rotatable bonds is 4. The molecule has 0 aliphatic heterocycles. The normalized spacial score (nSPS) is 12.6. The highest BCUT2D eigenvalue weighted by atomic mass is 19.3. The van der Waals surface area contributed by atoms with E-state index in [0.29, 0.717) is 11.1 Å². The standard InChI is InChI=1S/C11H12F2O2/c1-7(2)10(14)8-3-5-9(6-4-8)15-11(12)13/h3-6,10-11,14H,1H2,2H3. The highest BCUT2D eigenvalue weighted by molar-refractivity contribution is 5.31. The maximum Gasteiger partial charge on any atom is 0.387 e. The summed E-state index contributed by atoms with van der Waals surface area (Å²) in [4.78, 5) is 0. The van der Waals surface area contributed by atoms with E-state index in [1.54, 1.807) is 6.92 Å². The Bertz CT molecular complexity index is 333. The fourth-order valence-electron chi connectivity index (χ4n) is 1.12. The van der Waals surface area contributed by atoms with Gasteiger partial charge in [0.25, 0.3) is 0 Å². The van der Waals surface area contributed by atoms with Crippen molar-refractivity contribution in [3.8, 4) is 5.75 Å². The predicted molar refractivity (Wildman–Crippen MR) is 52.8 cm³/mol. The van der Waals surface area contributed by atoms with Gasteiger partial charge in [-0.3, -0.25) is 0 Å². The van der Waals surface area contributed by atoms with Gasteiger partial charge in [-0.15, -0.1) is 0 Å². The molecule has 0 amide bonds. The average molecular weight is 214 g/mol. The van der Waals surface area contributed by atoms with E-state index in [2.05, 4.69) is 11.3 Å². The van der Waals surface area contributed by atoms with E-state index in [1.165, 1.54) is 24.3 Å². The van der Waals surface area contributed by atoms with Crippen molar-refractivity contribution in [2.75, 3.05) is 0 Å². The maximum absolute atomic E-state index is 11.8. The molecule has 0 aliphatic carbocycles. The first-order valence-electron chi connectivity index (χ1n) is 4.39. The molecule has 1 rings (SSSR count). The van der Waals surface area contributed by atoms with E-state index < -0.39 is 12.7 Å². The molecule has 15 heavy (non-hydrogen) atoms. The molecule has 1 unspecified atom stereocenters. The third kappa shape index (κ3) is 3.32. The minimum Gasteiger partial charge on any atom is -0.435 e. The van der Waals surface area contributed by atoms with Gasteiger partial charge in [-0.05, 0) is 30.2 Å². The molecule has 0 bridgehead atoms. The molecular formula is C11H12F2O2. The monoisotopic (exact) mass is 214 g/mol. The van der Waals surface area contributed by atoms with E-state index in [4.69, 9.17) is 0 Å². The van der Waals surface area contributed by atoms with Gasteiger partial charge in [0.15, 0.2) is 0 Å². The second-order valence-electron chi connectivity index (χ2n) is 3.20. The lowest BCUT2D eigenvalue weighted by molar-refractivity contribution is -0.0498. The number of halogens is 2. The van der Waals surface area contributed by atoms with Gasteiger partial charge in [-0.1, -0.05) is 18.7 Å². The van der Waals surface area contributed by atoms with Crippen molar-refractivity contribution < 1.29 is 18.6 Å². The van der Waals surface area contributed by atoms with Crippen LogP contribution in [0, 0.1) is 0 Å². The van der Waals surface area contributed by atoms with Crippen LogP contribution in [0.2, 0.25) is 0 Å². The molecule has 0 spiro atoms. The van der Waals surface area contributed by atoms with Gasteiger partial charge < -0.3 is 9.84 Å². The van der Waals surface area contributed by atoms with Crippen molar-refractivity contribution in [3.05, 3.63) is 42.0 Å². The van der Waals surface area contributed by atoms with Gasteiger partial charge in [-0.25, -0.2) is 0 Å². The van der Waals surface area contributed by atoms with Gasteiger partial charge in [0.05, 0.1) is 6.10 Å². The van der Waals surface area contributed by atoms with E-state index in [1.807, 2.05) is 0 Å². The van der Waals surface area contributed by atoms with Crippen LogP contribution in [0.4, 0.5) is 8.78 Å². The number of hydrogen-bond acceptors (Lipinski definition) is 2. The summed E-state index contributed by atoms with van der Waals surface area (Å²) in [6.07, 6.45) is -0.773. The quantitative estimate of drug-likeness (QED) is 0.781.